The number of likely N-dealkylation sites (N-methyl/N-ethyl adjacent to an activating group) is 1. The Morgan fingerprint density at radius 2 is 1.95 bits per heavy atom. The first-order chi connectivity index (χ1) is 9.87. The molecule has 21 heavy (non-hydrogen) atoms. The first kappa shape index (κ1) is 16.0. The van der Waals surface area contributed by atoms with Crippen LogP contribution in [-0.2, 0) is 14.8 Å². The zero-order valence-corrected chi connectivity index (χ0v) is 13.5. The molecule has 1 N–H and O–H groups in total. The summed E-state index contributed by atoms with van der Waals surface area (Å²) in [6, 6.07) is 4.50. The Morgan fingerprint density at radius 1 is 1.24 bits per heavy atom. The smallest absolute Gasteiger partial charge is 0.243 e. The Kier molecular flexibility index (Phi) is 4.68. The third-order valence-corrected chi connectivity index (χ3v) is 5.99. The fourth-order valence-electron chi connectivity index (χ4n) is 2.63. The van der Waals surface area contributed by atoms with Crippen LogP contribution >= 0.6 is 0 Å². The van der Waals surface area contributed by atoms with Gasteiger partial charge in [-0.1, -0.05) is 12.5 Å². The van der Waals surface area contributed by atoms with Crippen LogP contribution in [0.3, 0.4) is 0 Å². The highest BCUT2D eigenvalue weighted by atomic mass is 32.2. The van der Waals surface area contributed by atoms with E-state index in [2.05, 4.69) is 5.32 Å². The van der Waals surface area contributed by atoms with Gasteiger partial charge in [-0.15, -0.1) is 0 Å². The van der Waals surface area contributed by atoms with Crippen molar-refractivity contribution in [2.45, 2.75) is 44.0 Å². The van der Waals surface area contributed by atoms with Crippen LogP contribution in [-0.4, -0.2) is 38.3 Å². The molecule has 0 spiro atoms. The van der Waals surface area contributed by atoms with Gasteiger partial charge in [0.1, 0.15) is 6.04 Å². The van der Waals surface area contributed by atoms with Gasteiger partial charge in [0.2, 0.25) is 15.9 Å². The Balaban J connectivity index is 2.40. The average Bonchev–Trinajstić information content (AvgIpc) is 2.49. The van der Waals surface area contributed by atoms with E-state index in [1.807, 2.05) is 13.8 Å². The summed E-state index contributed by atoms with van der Waals surface area (Å²) in [5.41, 5.74) is 1.99. The Hall–Kier alpha value is -1.40. The topological polar surface area (TPSA) is 66.5 Å². The van der Waals surface area contributed by atoms with Crippen LogP contribution in [0.25, 0.3) is 0 Å². The molecule has 0 unspecified atom stereocenters. The van der Waals surface area contributed by atoms with Crippen molar-refractivity contribution in [1.29, 1.82) is 0 Å². The number of carbonyl (C=O) groups is 1. The van der Waals surface area contributed by atoms with Gasteiger partial charge in [0, 0.05) is 13.6 Å². The Labute approximate surface area is 126 Å². The second kappa shape index (κ2) is 6.15. The molecule has 1 aromatic rings. The lowest BCUT2D eigenvalue weighted by Gasteiger charge is -2.33. The highest BCUT2D eigenvalue weighted by Crippen LogP contribution is 2.26. The van der Waals surface area contributed by atoms with Crippen LogP contribution in [0.1, 0.15) is 30.4 Å². The van der Waals surface area contributed by atoms with Crippen molar-refractivity contribution >= 4 is 15.9 Å². The summed E-state index contributed by atoms with van der Waals surface area (Å²) in [7, 11) is -2.09. The number of rotatable bonds is 3. The van der Waals surface area contributed by atoms with E-state index >= 15 is 0 Å². The van der Waals surface area contributed by atoms with Gasteiger partial charge in [-0.3, -0.25) is 4.79 Å². The third kappa shape index (κ3) is 3.11. The van der Waals surface area contributed by atoms with Crippen molar-refractivity contribution in [1.82, 2.24) is 9.62 Å². The molecule has 1 aliphatic rings. The van der Waals surface area contributed by atoms with Gasteiger partial charge in [0.25, 0.3) is 0 Å². The number of amides is 1. The largest absolute Gasteiger partial charge is 0.358 e. The van der Waals surface area contributed by atoms with Crippen molar-refractivity contribution in [2.75, 3.05) is 13.6 Å². The molecule has 1 atom stereocenters. The van der Waals surface area contributed by atoms with Crippen LogP contribution in [0.2, 0.25) is 0 Å². The van der Waals surface area contributed by atoms with Gasteiger partial charge in [-0.05, 0) is 49.9 Å². The van der Waals surface area contributed by atoms with Crippen molar-refractivity contribution in [2.24, 2.45) is 0 Å². The van der Waals surface area contributed by atoms with Gasteiger partial charge in [0.15, 0.2) is 0 Å². The van der Waals surface area contributed by atoms with Crippen LogP contribution in [0, 0.1) is 13.8 Å². The number of sulfonamides is 1. The third-order valence-electron chi connectivity index (χ3n) is 4.09. The fraction of sp³-hybridized carbons (Fsp3) is 0.533. The molecule has 0 aliphatic carbocycles. The van der Waals surface area contributed by atoms with E-state index in [0.717, 1.165) is 24.0 Å². The Morgan fingerprint density at radius 3 is 2.57 bits per heavy atom. The zero-order chi connectivity index (χ0) is 15.6. The number of hydrogen-bond acceptors (Lipinski definition) is 3. The van der Waals surface area contributed by atoms with E-state index in [1.165, 1.54) is 11.4 Å². The van der Waals surface area contributed by atoms with E-state index in [0.29, 0.717) is 13.0 Å². The zero-order valence-electron chi connectivity index (χ0n) is 12.7. The lowest BCUT2D eigenvalue weighted by Crippen LogP contribution is -2.51. The molecule has 0 aromatic heterocycles. The summed E-state index contributed by atoms with van der Waals surface area (Å²) in [6.45, 7) is 4.23. The van der Waals surface area contributed by atoms with E-state index in [4.69, 9.17) is 0 Å². The van der Waals surface area contributed by atoms with Gasteiger partial charge in [-0.2, -0.15) is 4.31 Å². The molecular formula is C15H22N2O3S. The quantitative estimate of drug-likeness (QED) is 0.922. The molecule has 0 saturated carbocycles. The van der Waals surface area contributed by atoms with Crippen molar-refractivity contribution in [3.05, 3.63) is 29.3 Å². The van der Waals surface area contributed by atoms with Crippen molar-refractivity contribution < 1.29 is 13.2 Å². The molecule has 5 nitrogen and oxygen atoms in total. The number of carbonyl (C=O) groups excluding carboxylic acids is 1. The van der Waals surface area contributed by atoms with Crippen molar-refractivity contribution in [3.63, 3.8) is 0 Å². The maximum absolute atomic E-state index is 12.8. The van der Waals surface area contributed by atoms with E-state index in [-0.39, 0.29) is 10.8 Å². The standard InChI is InChI=1S/C15H22N2O3S/c1-11-7-8-13(10-12(11)2)21(19,20)17-9-5-4-6-14(17)15(18)16-3/h7-8,10,14H,4-6,9H2,1-3H3,(H,16,18)/t14-/m1/s1. The number of aryl methyl sites for hydroxylation is 2. The van der Waals surface area contributed by atoms with Crippen molar-refractivity contribution in [3.8, 4) is 0 Å². The molecule has 0 bridgehead atoms. The fourth-order valence-corrected chi connectivity index (χ4v) is 4.37. The highest BCUT2D eigenvalue weighted by Gasteiger charge is 2.37. The molecule has 1 fully saturated rings. The number of nitrogens with one attached hydrogen (secondary N) is 1. The first-order valence-electron chi connectivity index (χ1n) is 7.18. The lowest BCUT2D eigenvalue weighted by molar-refractivity contribution is -0.125. The van der Waals surface area contributed by atoms with Gasteiger partial charge in [-0.25, -0.2) is 8.42 Å². The summed E-state index contributed by atoms with van der Waals surface area (Å²) < 4.78 is 27.0. The summed E-state index contributed by atoms with van der Waals surface area (Å²) in [5, 5.41) is 2.56. The predicted octanol–water partition coefficient (Wildman–Crippen LogP) is 1.59. The van der Waals surface area contributed by atoms with Crippen LogP contribution in [0.4, 0.5) is 0 Å². The monoisotopic (exact) mass is 310 g/mol. The van der Waals surface area contributed by atoms with Gasteiger partial charge < -0.3 is 5.32 Å². The lowest BCUT2D eigenvalue weighted by atomic mass is 10.0. The molecule has 1 aromatic carbocycles. The minimum Gasteiger partial charge on any atom is -0.358 e. The molecule has 1 saturated heterocycles. The maximum Gasteiger partial charge on any atom is 0.243 e. The van der Waals surface area contributed by atoms with Crippen LogP contribution in [0.5, 0.6) is 0 Å². The molecule has 1 heterocycles. The minimum absolute atomic E-state index is 0.234. The van der Waals surface area contributed by atoms with Gasteiger partial charge >= 0.3 is 0 Å². The second-order valence-corrected chi connectivity index (χ2v) is 7.38. The first-order valence-corrected chi connectivity index (χ1v) is 8.62. The second-order valence-electron chi connectivity index (χ2n) is 5.49. The number of piperidine rings is 1. The van der Waals surface area contributed by atoms with Crippen LogP contribution in [0.15, 0.2) is 23.1 Å². The molecular weight excluding hydrogens is 288 g/mol. The molecule has 1 aliphatic heterocycles. The van der Waals surface area contributed by atoms with E-state index in [9.17, 15) is 13.2 Å². The van der Waals surface area contributed by atoms with Gasteiger partial charge in [0.05, 0.1) is 4.90 Å². The molecule has 116 valence electrons. The summed E-state index contributed by atoms with van der Waals surface area (Å²) >= 11 is 0. The summed E-state index contributed by atoms with van der Waals surface area (Å²) in [5.74, 6) is -0.234. The molecule has 0 radical (unpaired) electrons. The maximum atomic E-state index is 12.8. The Bertz CT molecular complexity index is 640. The summed E-state index contributed by atoms with van der Waals surface area (Å²) in [6.07, 6.45) is 2.23. The average molecular weight is 310 g/mol. The summed E-state index contributed by atoms with van der Waals surface area (Å²) in [4.78, 5) is 12.2. The molecule has 1 amide bonds. The number of benzene rings is 1. The SMILES string of the molecule is CNC(=O)[C@H]1CCCCN1S(=O)(=O)c1ccc(C)c(C)c1. The van der Waals surface area contributed by atoms with E-state index in [1.54, 1.807) is 18.2 Å². The normalized spacial score (nSPS) is 20.2. The molecule has 6 heteroatoms. The number of hydrogen-bond donors (Lipinski definition) is 1. The van der Waals surface area contributed by atoms with E-state index < -0.39 is 16.1 Å². The molecule has 2 rings (SSSR count). The predicted molar refractivity (Wildman–Crippen MR) is 81.5 cm³/mol. The highest BCUT2D eigenvalue weighted by molar-refractivity contribution is 7.89. The van der Waals surface area contributed by atoms with Crippen LogP contribution < -0.4 is 5.32 Å². The minimum atomic E-state index is -3.63. The number of nitrogens with zero attached hydrogens (tertiary/aromatic N) is 1.